The van der Waals surface area contributed by atoms with Gasteiger partial charge in [-0.2, -0.15) is 5.10 Å². The number of rotatable bonds is 6. The third-order valence-electron chi connectivity index (χ3n) is 7.34. The molecule has 6 aromatic heterocycles. The van der Waals surface area contributed by atoms with Crippen molar-refractivity contribution in [2.75, 3.05) is 5.32 Å². The normalized spacial score (nSPS) is 14.3. The van der Waals surface area contributed by atoms with E-state index in [2.05, 4.69) is 35.5 Å². The Labute approximate surface area is 228 Å². The minimum Gasteiger partial charge on any atom is -0.336 e. The number of aromatic amines is 2. The summed E-state index contributed by atoms with van der Waals surface area (Å²) < 4.78 is 0. The molecular weight excluding hydrogens is 508 g/mol. The molecule has 1 fully saturated rings. The summed E-state index contributed by atoms with van der Waals surface area (Å²) in [5.74, 6) is 1.18. The molecule has 3 N–H and O–H groups in total. The summed E-state index contributed by atoms with van der Waals surface area (Å²) in [6, 6.07) is 9.87. The quantitative estimate of drug-likeness (QED) is 0.221. The molecule has 39 heavy (non-hydrogen) atoms. The maximum atomic E-state index is 12.7. The highest BCUT2D eigenvalue weighted by Gasteiger charge is 2.19. The Bertz CT molecular complexity index is 1780. The average molecular weight is 535 g/mol. The van der Waals surface area contributed by atoms with Gasteiger partial charge in [0.1, 0.15) is 16.9 Å². The topological polar surface area (TPSA) is 125 Å². The van der Waals surface area contributed by atoms with E-state index in [4.69, 9.17) is 4.98 Å². The monoisotopic (exact) mass is 534 g/mol. The van der Waals surface area contributed by atoms with Crippen LogP contribution in [0, 0.1) is 5.92 Å². The van der Waals surface area contributed by atoms with Gasteiger partial charge in [0.05, 0.1) is 39.7 Å². The number of fused-ring (bicyclic) bond motifs is 2. The van der Waals surface area contributed by atoms with Gasteiger partial charge in [0.25, 0.3) is 0 Å². The van der Waals surface area contributed by atoms with Crippen LogP contribution in [0.1, 0.15) is 38.5 Å². The first kappa shape index (κ1) is 23.7. The number of thiophene rings is 1. The molecule has 6 aromatic rings. The lowest BCUT2D eigenvalue weighted by Gasteiger charge is -2.20. The van der Waals surface area contributed by atoms with Crippen LogP contribution in [0.3, 0.4) is 0 Å². The number of amides is 1. The van der Waals surface area contributed by atoms with E-state index in [-0.39, 0.29) is 5.91 Å². The molecule has 6 heterocycles. The van der Waals surface area contributed by atoms with Crippen LogP contribution in [-0.4, -0.2) is 41.0 Å². The number of hydrogen-bond acceptors (Lipinski definition) is 7. The van der Waals surface area contributed by atoms with E-state index in [1.807, 2.05) is 35.7 Å². The summed E-state index contributed by atoms with van der Waals surface area (Å²) in [6.45, 7) is 0. The fourth-order valence-corrected chi connectivity index (χ4v) is 6.13. The molecule has 0 spiro atoms. The van der Waals surface area contributed by atoms with Crippen LogP contribution in [0.25, 0.3) is 55.3 Å². The maximum absolute atomic E-state index is 12.7. The molecule has 0 atom stereocenters. The predicted molar refractivity (Wildman–Crippen MR) is 153 cm³/mol. The number of aromatic nitrogens is 7. The third kappa shape index (κ3) is 4.67. The smallest absolute Gasteiger partial charge is 0.224 e. The van der Waals surface area contributed by atoms with Crippen molar-refractivity contribution >= 4 is 44.9 Å². The highest BCUT2D eigenvalue weighted by Crippen LogP contribution is 2.33. The van der Waals surface area contributed by atoms with Gasteiger partial charge < -0.3 is 10.3 Å². The van der Waals surface area contributed by atoms with Crippen LogP contribution < -0.4 is 5.32 Å². The molecule has 0 aromatic carbocycles. The van der Waals surface area contributed by atoms with Gasteiger partial charge >= 0.3 is 0 Å². The first-order chi connectivity index (χ1) is 19.2. The van der Waals surface area contributed by atoms with Gasteiger partial charge in [0, 0.05) is 29.8 Å². The standard InChI is InChI=1S/C29H26N8OS/c38-25(11-17-5-2-1-3-6-17)33-19-12-18(14-30-15-19)22-13-20-23(16-32-22)36-37-26(20)29-34-21-8-9-31-28(27(21)35-29)24-7-4-10-39-24/h4,7-10,12-17H,1-3,5-6,11H2,(H,33,38)(H,34,35)(H,36,37). The summed E-state index contributed by atoms with van der Waals surface area (Å²) in [4.78, 5) is 35.6. The van der Waals surface area contributed by atoms with Crippen LogP contribution >= 0.6 is 11.3 Å². The van der Waals surface area contributed by atoms with Crippen molar-refractivity contribution in [1.82, 2.24) is 35.1 Å². The second-order valence-corrected chi connectivity index (χ2v) is 11.0. The molecule has 194 valence electrons. The van der Waals surface area contributed by atoms with Crippen molar-refractivity contribution < 1.29 is 4.79 Å². The Kier molecular flexibility index (Phi) is 6.08. The zero-order valence-corrected chi connectivity index (χ0v) is 22.0. The second-order valence-electron chi connectivity index (χ2n) is 10.0. The van der Waals surface area contributed by atoms with Crippen LogP contribution in [0.4, 0.5) is 5.69 Å². The van der Waals surface area contributed by atoms with Crippen molar-refractivity contribution in [2.24, 2.45) is 5.92 Å². The van der Waals surface area contributed by atoms with Crippen molar-refractivity contribution in [1.29, 1.82) is 0 Å². The van der Waals surface area contributed by atoms with E-state index in [9.17, 15) is 4.79 Å². The zero-order chi connectivity index (χ0) is 26.2. The Hall–Kier alpha value is -4.44. The van der Waals surface area contributed by atoms with Gasteiger partial charge in [-0.05, 0) is 48.4 Å². The van der Waals surface area contributed by atoms with Crippen molar-refractivity contribution in [3.8, 4) is 33.3 Å². The SMILES string of the molecule is O=C(CC1CCCCC1)Nc1cncc(-c2cc3c(-c4nc5c(-c6cccs6)nccc5[nH]4)n[nH]c3cn2)c1. The molecule has 10 heteroatoms. The number of hydrogen-bond donors (Lipinski definition) is 3. The van der Waals surface area contributed by atoms with E-state index in [1.165, 1.54) is 19.3 Å². The molecule has 0 aliphatic heterocycles. The highest BCUT2D eigenvalue weighted by molar-refractivity contribution is 7.13. The number of nitrogens with one attached hydrogen (secondary N) is 3. The van der Waals surface area contributed by atoms with Gasteiger partial charge in [0.15, 0.2) is 5.82 Å². The van der Waals surface area contributed by atoms with Crippen LogP contribution in [0.2, 0.25) is 0 Å². The van der Waals surface area contributed by atoms with Crippen LogP contribution in [0.5, 0.6) is 0 Å². The first-order valence-corrected chi connectivity index (χ1v) is 14.1. The van der Waals surface area contributed by atoms with Gasteiger partial charge in [-0.15, -0.1) is 11.3 Å². The van der Waals surface area contributed by atoms with E-state index < -0.39 is 0 Å². The summed E-state index contributed by atoms with van der Waals surface area (Å²) >= 11 is 1.63. The average Bonchev–Trinajstić information content (AvgIpc) is 3.73. The number of imidazole rings is 1. The molecule has 0 bridgehead atoms. The minimum absolute atomic E-state index is 0.0441. The number of nitrogens with zero attached hydrogens (tertiary/aromatic N) is 5. The molecule has 9 nitrogen and oxygen atoms in total. The minimum atomic E-state index is 0.0441. The number of pyridine rings is 3. The summed E-state index contributed by atoms with van der Waals surface area (Å²) in [7, 11) is 0. The van der Waals surface area contributed by atoms with Crippen LogP contribution in [-0.2, 0) is 4.79 Å². The van der Waals surface area contributed by atoms with E-state index in [0.717, 1.165) is 56.6 Å². The lowest BCUT2D eigenvalue weighted by molar-refractivity contribution is -0.117. The number of carbonyl (C=O) groups excluding carboxylic acids is 1. The van der Waals surface area contributed by atoms with Gasteiger partial charge in [0.2, 0.25) is 5.91 Å². The molecule has 0 saturated heterocycles. The molecule has 0 radical (unpaired) electrons. The van der Waals surface area contributed by atoms with Crippen molar-refractivity contribution in [3.63, 3.8) is 0 Å². The molecule has 1 saturated carbocycles. The highest BCUT2D eigenvalue weighted by atomic mass is 32.1. The lowest BCUT2D eigenvalue weighted by Crippen LogP contribution is -2.18. The van der Waals surface area contributed by atoms with Gasteiger partial charge in [-0.1, -0.05) is 25.3 Å². The molecule has 1 aliphatic rings. The summed E-state index contributed by atoms with van der Waals surface area (Å²) in [5.41, 5.74) is 6.28. The van der Waals surface area contributed by atoms with Crippen molar-refractivity contribution in [3.05, 3.63) is 60.5 Å². The molecular formula is C29H26N8OS. The fraction of sp³-hybridized carbons (Fsp3) is 0.241. The molecule has 1 aliphatic carbocycles. The summed E-state index contributed by atoms with van der Waals surface area (Å²) in [6.07, 6.45) is 13.5. The van der Waals surface area contributed by atoms with Gasteiger partial charge in [-0.3, -0.25) is 24.8 Å². The Morgan fingerprint density at radius 1 is 1.03 bits per heavy atom. The fourth-order valence-electron chi connectivity index (χ4n) is 5.41. The predicted octanol–water partition coefficient (Wildman–Crippen LogP) is 6.60. The number of H-pyrrole nitrogens is 2. The Morgan fingerprint density at radius 2 is 1.95 bits per heavy atom. The number of anilines is 1. The van der Waals surface area contributed by atoms with Crippen LogP contribution in [0.15, 0.2) is 60.5 Å². The van der Waals surface area contributed by atoms with E-state index in [0.29, 0.717) is 29.5 Å². The second kappa shape index (κ2) is 10.0. The maximum Gasteiger partial charge on any atom is 0.224 e. The van der Waals surface area contributed by atoms with E-state index >= 15 is 0 Å². The van der Waals surface area contributed by atoms with Crippen molar-refractivity contribution in [2.45, 2.75) is 38.5 Å². The lowest BCUT2D eigenvalue weighted by atomic mass is 9.87. The van der Waals surface area contributed by atoms with Gasteiger partial charge in [-0.25, -0.2) is 4.98 Å². The first-order valence-electron chi connectivity index (χ1n) is 13.2. The molecule has 0 unspecified atom stereocenters. The molecule has 1 amide bonds. The Balaban J connectivity index is 1.19. The number of carbonyl (C=O) groups is 1. The van der Waals surface area contributed by atoms with E-state index in [1.54, 1.807) is 36.1 Å². The molecule has 7 rings (SSSR count). The Morgan fingerprint density at radius 3 is 2.82 bits per heavy atom. The summed E-state index contributed by atoms with van der Waals surface area (Å²) in [5, 5.41) is 13.6. The largest absolute Gasteiger partial charge is 0.336 e. The zero-order valence-electron chi connectivity index (χ0n) is 21.1. The third-order valence-corrected chi connectivity index (χ3v) is 8.22.